The Morgan fingerprint density at radius 3 is 2.32 bits per heavy atom. The molecule has 0 saturated carbocycles. The zero-order chi connectivity index (χ0) is 38.4. The SMILES string of the molecule is C=Cc1c(C)c2cc3nc(c(CC(=O)NCCNCCN(CC)CC)c4nc(cc5[nH]c(cc1[nH]2)c(C)c5CC)C(C)=C4C(=O)O)C(CCCO)C3C. The van der Waals surface area contributed by atoms with E-state index in [0.717, 1.165) is 82.6 Å². The zero-order valence-corrected chi connectivity index (χ0v) is 32.5. The van der Waals surface area contributed by atoms with E-state index in [4.69, 9.17) is 9.97 Å². The van der Waals surface area contributed by atoms with Crippen molar-refractivity contribution in [1.82, 2.24) is 35.5 Å². The van der Waals surface area contributed by atoms with E-state index in [9.17, 15) is 19.8 Å². The lowest BCUT2D eigenvalue weighted by atomic mass is 9.84. The molecule has 5 heterocycles. The number of aliphatic hydroxyl groups is 1. The van der Waals surface area contributed by atoms with Crippen LogP contribution < -0.4 is 10.6 Å². The summed E-state index contributed by atoms with van der Waals surface area (Å²) in [6, 6.07) is 6.09. The number of H-pyrrole nitrogens is 2. The summed E-state index contributed by atoms with van der Waals surface area (Å²) >= 11 is 0. The molecule has 0 radical (unpaired) electrons. The quantitative estimate of drug-likeness (QED) is 0.0927. The molecule has 284 valence electrons. The van der Waals surface area contributed by atoms with Gasteiger partial charge in [0.2, 0.25) is 5.91 Å². The normalized spacial score (nSPS) is 15.7. The zero-order valence-electron chi connectivity index (χ0n) is 32.5. The summed E-state index contributed by atoms with van der Waals surface area (Å²) in [6.07, 6.45) is 3.69. The number of amides is 1. The molecule has 3 aromatic rings. The number of nitrogens with zero attached hydrogens (tertiary/aromatic N) is 3. The Bertz CT molecular complexity index is 2050. The number of aromatic nitrogens is 4. The third-order valence-corrected chi connectivity index (χ3v) is 11.1. The molecule has 2 atom stereocenters. The van der Waals surface area contributed by atoms with Gasteiger partial charge in [0.05, 0.1) is 29.1 Å². The standard InChI is InChI=1S/C42H57N7O4/c1-9-28-24(5)32-21-34-26(7)30(14-13-19-50)40(47-34)31(20-38(51)44-16-15-43-17-18-49(11-3)12-4)41-39(42(52)53)27(8)35(48-41)23-37-29(10-2)25(6)33(46-37)22-36(28)45-32/h9,21-23,26,30,43,45-46,50H,1,10-20H2,2-8H3,(H,44,51)(H,52,53). The number of hydrogen-bond donors (Lipinski definition) is 6. The number of carbonyl (C=O) groups excluding carboxylic acids is 1. The van der Waals surface area contributed by atoms with Gasteiger partial charge in [-0.15, -0.1) is 0 Å². The number of carbonyl (C=O) groups is 2. The van der Waals surface area contributed by atoms with E-state index in [1.165, 1.54) is 0 Å². The summed E-state index contributed by atoms with van der Waals surface area (Å²) in [5, 5.41) is 27.1. The maximum atomic E-state index is 13.8. The van der Waals surface area contributed by atoms with Crippen LogP contribution in [0.1, 0.15) is 110 Å². The minimum Gasteiger partial charge on any atom is -0.478 e. The van der Waals surface area contributed by atoms with Crippen molar-refractivity contribution in [1.29, 1.82) is 0 Å². The van der Waals surface area contributed by atoms with Crippen molar-refractivity contribution in [3.8, 4) is 0 Å². The highest BCUT2D eigenvalue weighted by Crippen LogP contribution is 2.43. The molecule has 0 aromatic carbocycles. The van der Waals surface area contributed by atoms with Gasteiger partial charge < -0.3 is 35.7 Å². The van der Waals surface area contributed by atoms with Crippen LogP contribution in [0, 0.1) is 13.8 Å². The monoisotopic (exact) mass is 723 g/mol. The van der Waals surface area contributed by atoms with Crippen LogP contribution in [0.5, 0.6) is 0 Å². The minimum absolute atomic E-state index is 0.00856. The van der Waals surface area contributed by atoms with Gasteiger partial charge in [-0.2, -0.15) is 0 Å². The molecule has 2 unspecified atom stereocenters. The van der Waals surface area contributed by atoms with Crippen LogP contribution in [-0.4, -0.2) is 92.8 Å². The van der Waals surface area contributed by atoms with Gasteiger partial charge >= 0.3 is 5.97 Å². The van der Waals surface area contributed by atoms with Crippen molar-refractivity contribution >= 4 is 51.2 Å². The lowest BCUT2D eigenvalue weighted by Crippen LogP contribution is -2.37. The molecule has 6 N–H and O–H groups in total. The first-order chi connectivity index (χ1) is 25.5. The van der Waals surface area contributed by atoms with Crippen LogP contribution in [0.4, 0.5) is 0 Å². The molecule has 0 saturated heterocycles. The third kappa shape index (κ3) is 8.32. The first-order valence-electron chi connectivity index (χ1n) is 19.1. The summed E-state index contributed by atoms with van der Waals surface area (Å²) < 4.78 is 0. The Morgan fingerprint density at radius 2 is 1.66 bits per heavy atom. The van der Waals surface area contributed by atoms with Crippen LogP contribution in [0.2, 0.25) is 0 Å². The van der Waals surface area contributed by atoms with Gasteiger partial charge in [-0.05, 0) is 93.6 Å². The number of likely N-dealkylation sites (N-methyl/N-ethyl adjacent to an activating group) is 1. The molecule has 11 heteroatoms. The molecule has 2 aliphatic heterocycles. The fourth-order valence-electron chi connectivity index (χ4n) is 7.82. The molecule has 3 aromatic heterocycles. The summed E-state index contributed by atoms with van der Waals surface area (Å²) in [5.74, 6) is -1.58. The van der Waals surface area contributed by atoms with Crippen molar-refractivity contribution in [3.63, 3.8) is 0 Å². The number of hydrogen-bond acceptors (Lipinski definition) is 7. The fourth-order valence-corrected chi connectivity index (χ4v) is 7.82. The maximum absolute atomic E-state index is 13.8. The highest BCUT2D eigenvalue weighted by atomic mass is 16.4. The average molecular weight is 724 g/mol. The Morgan fingerprint density at radius 1 is 0.943 bits per heavy atom. The Hall–Kier alpha value is -4.58. The van der Waals surface area contributed by atoms with Crippen molar-refractivity contribution < 1.29 is 19.8 Å². The van der Waals surface area contributed by atoms with E-state index in [1.54, 1.807) is 6.92 Å². The number of nitrogens with one attached hydrogen (secondary N) is 4. The number of aryl methyl sites for hydroxylation is 3. The number of allylic oxidation sites excluding steroid dienone is 1. The second-order valence-electron chi connectivity index (χ2n) is 14.2. The summed E-state index contributed by atoms with van der Waals surface area (Å²) in [4.78, 5) is 46.7. The predicted molar refractivity (Wildman–Crippen MR) is 215 cm³/mol. The third-order valence-electron chi connectivity index (χ3n) is 11.1. The lowest BCUT2D eigenvalue weighted by molar-refractivity contribution is -0.130. The van der Waals surface area contributed by atoms with E-state index in [-0.39, 0.29) is 42.0 Å². The second kappa shape index (κ2) is 17.5. The molecule has 2 aliphatic rings. The molecular formula is C42H57N7O4. The molecule has 11 nitrogen and oxygen atoms in total. The molecule has 0 aliphatic carbocycles. The van der Waals surface area contributed by atoms with E-state index in [0.29, 0.717) is 48.5 Å². The Balaban J connectivity index is 1.75. The topological polar surface area (TPSA) is 159 Å². The van der Waals surface area contributed by atoms with Gasteiger partial charge in [-0.1, -0.05) is 40.3 Å². The molecule has 53 heavy (non-hydrogen) atoms. The van der Waals surface area contributed by atoms with Gasteiger partial charge in [0.1, 0.15) is 0 Å². The number of fused-ring (bicyclic) bond motifs is 8. The molecule has 1 amide bonds. The van der Waals surface area contributed by atoms with Crippen molar-refractivity contribution in [3.05, 3.63) is 75.4 Å². The summed E-state index contributed by atoms with van der Waals surface area (Å²) in [6.45, 7) is 23.3. The molecule has 8 bridgehead atoms. The lowest BCUT2D eigenvalue weighted by Gasteiger charge is -2.19. The van der Waals surface area contributed by atoms with Crippen molar-refractivity contribution in [2.75, 3.05) is 45.9 Å². The first-order valence-corrected chi connectivity index (χ1v) is 19.1. The van der Waals surface area contributed by atoms with Crippen LogP contribution >= 0.6 is 0 Å². The van der Waals surface area contributed by atoms with E-state index in [1.807, 2.05) is 12.1 Å². The predicted octanol–water partition coefficient (Wildman–Crippen LogP) is 6.40. The Labute approximate surface area is 313 Å². The van der Waals surface area contributed by atoms with Crippen LogP contribution in [0.25, 0.3) is 39.3 Å². The minimum atomic E-state index is -1.11. The van der Waals surface area contributed by atoms with Crippen LogP contribution in [-0.2, 0) is 22.4 Å². The number of aliphatic carboxylic acids is 1. The van der Waals surface area contributed by atoms with Crippen molar-refractivity contribution in [2.45, 2.75) is 86.0 Å². The average Bonchev–Trinajstić information content (AvgIpc) is 3.82. The number of aromatic amines is 2. The highest BCUT2D eigenvalue weighted by Gasteiger charge is 2.35. The molecule has 0 spiro atoms. The van der Waals surface area contributed by atoms with Gasteiger partial charge in [0.25, 0.3) is 0 Å². The van der Waals surface area contributed by atoms with Crippen LogP contribution in [0.15, 0.2) is 24.8 Å². The van der Waals surface area contributed by atoms with Gasteiger partial charge in [-0.3, -0.25) is 9.78 Å². The fraction of sp³-hybridized carbons (Fsp3) is 0.476. The number of aliphatic hydroxyl groups excluding tert-OH is 1. The molecule has 0 fully saturated rings. The van der Waals surface area contributed by atoms with E-state index in [2.05, 4.69) is 85.8 Å². The van der Waals surface area contributed by atoms with E-state index >= 15 is 0 Å². The number of carboxylic acids is 1. The summed E-state index contributed by atoms with van der Waals surface area (Å²) in [5.41, 5.74) is 11.2. The van der Waals surface area contributed by atoms with Crippen LogP contribution in [0.3, 0.4) is 0 Å². The van der Waals surface area contributed by atoms with E-state index < -0.39 is 5.97 Å². The number of carboxylic acid groups (broad SMARTS) is 1. The van der Waals surface area contributed by atoms with Crippen molar-refractivity contribution in [2.24, 2.45) is 0 Å². The summed E-state index contributed by atoms with van der Waals surface area (Å²) in [7, 11) is 0. The smallest absolute Gasteiger partial charge is 0.338 e. The first kappa shape index (κ1) is 39.6. The van der Waals surface area contributed by atoms with Gasteiger partial charge in [-0.25, -0.2) is 9.78 Å². The highest BCUT2D eigenvalue weighted by molar-refractivity contribution is 6.24. The maximum Gasteiger partial charge on any atom is 0.338 e. The molecular weight excluding hydrogens is 667 g/mol. The number of rotatable bonds is 16. The molecule has 5 rings (SSSR count). The van der Waals surface area contributed by atoms with Gasteiger partial charge in [0.15, 0.2) is 0 Å². The second-order valence-corrected chi connectivity index (χ2v) is 14.2. The Kier molecular flexibility index (Phi) is 13.1. The van der Waals surface area contributed by atoms with Gasteiger partial charge in [0, 0.05) is 83.5 Å². The largest absolute Gasteiger partial charge is 0.478 e.